The van der Waals surface area contributed by atoms with Crippen molar-refractivity contribution < 1.29 is 9.90 Å². The van der Waals surface area contributed by atoms with Crippen molar-refractivity contribution in [2.75, 3.05) is 12.3 Å². The van der Waals surface area contributed by atoms with E-state index in [1.807, 2.05) is 32.0 Å². The van der Waals surface area contributed by atoms with Crippen molar-refractivity contribution in [1.29, 1.82) is 0 Å². The Kier molecular flexibility index (Phi) is 4.97. The molecule has 4 nitrogen and oxygen atoms in total. The summed E-state index contributed by atoms with van der Waals surface area (Å²) in [5, 5.41) is 11.9. The quantitative estimate of drug-likeness (QED) is 0.666. The van der Waals surface area contributed by atoms with Crippen molar-refractivity contribution in [1.82, 2.24) is 5.32 Å². The molecule has 17 heavy (non-hydrogen) atoms. The van der Waals surface area contributed by atoms with Gasteiger partial charge in [0.25, 0.3) is 0 Å². The predicted molar refractivity (Wildman–Crippen MR) is 68.4 cm³/mol. The number of nitrogen functional groups attached to an aromatic ring is 1. The number of benzene rings is 1. The van der Waals surface area contributed by atoms with E-state index in [-0.39, 0.29) is 30.9 Å². The highest BCUT2D eigenvalue weighted by molar-refractivity contribution is 5.80. The van der Waals surface area contributed by atoms with Gasteiger partial charge in [0.2, 0.25) is 5.91 Å². The number of aliphatic hydroxyl groups is 1. The molecule has 1 atom stereocenters. The number of anilines is 1. The Balaban J connectivity index is 2.58. The Labute approximate surface area is 102 Å². The highest BCUT2D eigenvalue weighted by atomic mass is 16.3. The average molecular weight is 236 g/mol. The summed E-state index contributed by atoms with van der Waals surface area (Å²) in [6.07, 6.45) is 0.246. The molecule has 0 saturated heterocycles. The summed E-state index contributed by atoms with van der Waals surface area (Å²) in [5.74, 6) is 0.0905. The maximum atomic E-state index is 11.8. The van der Waals surface area contributed by atoms with Gasteiger partial charge < -0.3 is 16.2 Å². The van der Waals surface area contributed by atoms with Crippen molar-refractivity contribution in [3.05, 3.63) is 29.8 Å². The van der Waals surface area contributed by atoms with Crippen molar-refractivity contribution in [2.24, 2.45) is 5.92 Å². The number of carbonyl (C=O) groups is 1. The molecule has 0 bridgehead atoms. The van der Waals surface area contributed by atoms with Gasteiger partial charge in [-0.25, -0.2) is 0 Å². The van der Waals surface area contributed by atoms with Gasteiger partial charge in [0.1, 0.15) is 0 Å². The molecule has 0 aromatic heterocycles. The molecule has 0 aliphatic heterocycles. The van der Waals surface area contributed by atoms with Crippen LogP contribution in [0.15, 0.2) is 24.3 Å². The van der Waals surface area contributed by atoms with E-state index in [0.29, 0.717) is 5.69 Å². The largest absolute Gasteiger partial charge is 0.398 e. The zero-order valence-corrected chi connectivity index (χ0v) is 10.3. The molecule has 1 unspecified atom stereocenters. The van der Waals surface area contributed by atoms with Crippen LogP contribution in [0.4, 0.5) is 5.69 Å². The number of nitrogens with one attached hydrogen (secondary N) is 1. The fourth-order valence-electron chi connectivity index (χ4n) is 1.55. The summed E-state index contributed by atoms with van der Waals surface area (Å²) in [7, 11) is 0. The number of para-hydroxylation sites is 1. The summed E-state index contributed by atoms with van der Waals surface area (Å²) in [5.41, 5.74) is 7.19. The third kappa shape index (κ3) is 4.07. The number of rotatable bonds is 5. The van der Waals surface area contributed by atoms with Crippen LogP contribution in [0.2, 0.25) is 0 Å². The molecule has 1 aromatic rings. The van der Waals surface area contributed by atoms with Crippen LogP contribution in [-0.4, -0.2) is 23.7 Å². The Morgan fingerprint density at radius 1 is 1.41 bits per heavy atom. The van der Waals surface area contributed by atoms with Gasteiger partial charge in [-0.3, -0.25) is 4.79 Å². The molecule has 0 heterocycles. The molecule has 1 aromatic carbocycles. The SMILES string of the molecule is CC(C)C(CO)NC(=O)Cc1ccccc1N. The Bertz CT molecular complexity index is 377. The summed E-state index contributed by atoms with van der Waals surface area (Å²) >= 11 is 0. The van der Waals surface area contributed by atoms with Gasteiger partial charge in [0.15, 0.2) is 0 Å². The van der Waals surface area contributed by atoms with Crippen LogP contribution in [0.25, 0.3) is 0 Å². The molecule has 4 heteroatoms. The van der Waals surface area contributed by atoms with Gasteiger partial charge >= 0.3 is 0 Å². The first-order valence-corrected chi connectivity index (χ1v) is 5.78. The third-order valence-electron chi connectivity index (χ3n) is 2.75. The van der Waals surface area contributed by atoms with E-state index in [0.717, 1.165) is 5.56 Å². The van der Waals surface area contributed by atoms with Crippen molar-refractivity contribution >= 4 is 11.6 Å². The molecule has 0 fully saturated rings. The van der Waals surface area contributed by atoms with Gasteiger partial charge in [0, 0.05) is 5.69 Å². The summed E-state index contributed by atoms with van der Waals surface area (Å²) in [4.78, 5) is 11.8. The molecule has 0 spiro atoms. The zero-order valence-electron chi connectivity index (χ0n) is 10.3. The van der Waals surface area contributed by atoms with Crippen LogP contribution >= 0.6 is 0 Å². The number of nitrogens with two attached hydrogens (primary N) is 1. The first-order chi connectivity index (χ1) is 8.04. The summed E-state index contributed by atoms with van der Waals surface area (Å²) < 4.78 is 0. The second kappa shape index (κ2) is 6.25. The van der Waals surface area contributed by atoms with Crippen LogP contribution < -0.4 is 11.1 Å². The minimum absolute atomic E-state index is 0.0479. The molecule has 0 aliphatic carbocycles. The number of hydrogen-bond acceptors (Lipinski definition) is 3. The fourth-order valence-corrected chi connectivity index (χ4v) is 1.55. The number of amides is 1. The lowest BCUT2D eigenvalue weighted by Gasteiger charge is -2.20. The van der Waals surface area contributed by atoms with Crippen molar-refractivity contribution in [3.63, 3.8) is 0 Å². The molecule has 0 saturated carbocycles. The molecule has 94 valence electrons. The average Bonchev–Trinajstić information content (AvgIpc) is 2.28. The first kappa shape index (κ1) is 13.5. The van der Waals surface area contributed by atoms with Gasteiger partial charge in [-0.05, 0) is 17.5 Å². The van der Waals surface area contributed by atoms with E-state index in [1.165, 1.54) is 0 Å². The van der Waals surface area contributed by atoms with Crippen LogP contribution in [-0.2, 0) is 11.2 Å². The van der Waals surface area contributed by atoms with Crippen molar-refractivity contribution in [3.8, 4) is 0 Å². The minimum Gasteiger partial charge on any atom is -0.398 e. The highest BCUT2D eigenvalue weighted by Gasteiger charge is 2.15. The van der Waals surface area contributed by atoms with Gasteiger partial charge in [-0.1, -0.05) is 32.0 Å². The Morgan fingerprint density at radius 3 is 2.59 bits per heavy atom. The van der Waals surface area contributed by atoms with E-state index in [1.54, 1.807) is 6.07 Å². The number of aliphatic hydroxyl groups excluding tert-OH is 1. The summed E-state index contributed by atoms with van der Waals surface area (Å²) in [6, 6.07) is 7.09. The van der Waals surface area contributed by atoms with E-state index in [9.17, 15) is 4.79 Å². The van der Waals surface area contributed by atoms with Gasteiger partial charge in [0.05, 0.1) is 19.1 Å². The zero-order chi connectivity index (χ0) is 12.8. The number of hydrogen-bond donors (Lipinski definition) is 3. The van der Waals surface area contributed by atoms with Gasteiger partial charge in [-0.2, -0.15) is 0 Å². The fraction of sp³-hybridized carbons (Fsp3) is 0.462. The lowest BCUT2D eigenvalue weighted by molar-refractivity contribution is -0.121. The highest BCUT2D eigenvalue weighted by Crippen LogP contribution is 2.11. The molecule has 0 aliphatic rings. The Hall–Kier alpha value is -1.55. The molecule has 1 amide bonds. The van der Waals surface area contributed by atoms with Crippen LogP contribution in [0.3, 0.4) is 0 Å². The molecule has 1 rings (SSSR count). The normalized spacial score (nSPS) is 12.5. The summed E-state index contributed by atoms with van der Waals surface area (Å²) in [6.45, 7) is 3.86. The maximum absolute atomic E-state index is 11.8. The molecular formula is C13H20N2O2. The maximum Gasteiger partial charge on any atom is 0.224 e. The van der Waals surface area contributed by atoms with E-state index >= 15 is 0 Å². The van der Waals surface area contributed by atoms with E-state index < -0.39 is 0 Å². The monoisotopic (exact) mass is 236 g/mol. The molecular weight excluding hydrogens is 216 g/mol. The van der Waals surface area contributed by atoms with Crippen LogP contribution in [0, 0.1) is 5.92 Å². The van der Waals surface area contributed by atoms with Crippen LogP contribution in [0.1, 0.15) is 19.4 Å². The predicted octanol–water partition coefficient (Wildman–Crippen LogP) is 0.944. The molecule has 0 radical (unpaired) electrons. The third-order valence-corrected chi connectivity index (χ3v) is 2.75. The minimum atomic E-state index is -0.201. The lowest BCUT2D eigenvalue weighted by Crippen LogP contribution is -2.41. The standard InChI is InChI=1S/C13H20N2O2/c1-9(2)12(8-16)15-13(17)7-10-5-3-4-6-11(10)14/h3-6,9,12,16H,7-8,14H2,1-2H3,(H,15,17). The second-order valence-electron chi connectivity index (χ2n) is 4.48. The van der Waals surface area contributed by atoms with Gasteiger partial charge in [-0.15, -0.1) is 0 Å². The first-order valence-electron chi connectivity index (χ1n) is 5.78. The van der Waals surface area contributed by atoms with Crippen LogP contribution in [0.5, 0.6) is 0 Å². The molecule has 4 N–H and O–H groups in total. The van der Waals surface area contributed by atoms with Crippen molar-refractivity contribution in [2.45, 2.75) is 26.3 Å². The van der Waals surface area contributed by atoms with E-state index in [4.69, 9.17) is 10.8 Å². The Morgan fingerprint density at radius 2 is 2.06 bits per heavy atom. The topological polar surface area (TPSA) is 75.3 Å². The second-order valence-corrected chi connectivity index (χ2v) is 4.48. The number of carbonyl (C=O) groups excluding carboxylic acids is 1. The van der Waals surface area contributed by atoms with E-state index in [2.05, 4.69) is 5.32 Å². The smallest absolute Gasteiger partial charge is 0.224 e. The lowest BCUT2D eigenvalue weighted by atomic mass is 10.0.